The van der Waals surface area contributed by atoms with E-state index in [1.165, 1.54) is 4.57 Å². The third kappa shape index (κ3) is 3.88. The topological polar surface area (TPSA) is 78.8 Å². The van der Waals surface area contributed by atoms with Crippen LogP contribution in [-0.4, -0.2) is 31.8 Å². The number of methoxy groups -OCH3 is 3. The van der Waals surface area contributed by atoms with E-state index in [0.29, 0.717) is 17.2 Å². The summed E-state index contributed by atoms with van der Waals surface area (Å²) in [5.74, 6) is 1.42. The van der Waals surface area contributed by atoms with Crippen molar-refractivity contribution in [1.29, 1.82) is 0 Å². The molecule has 130 valence electrons. The maximum absolute atomic E-state index is 12.1. The first-order chi connectivity index (χ1) is 11.5. The SMILES string of the molecule is COc1cc(OC)c(OC)cc1CNC(=O)Cn1c(C)csc1=O. The van der Waals surface area contributed by atoms with E-state index in [9.17, 15) is 9.59 Å². The minimum absolute atomic E-state index is 0.0101. The van der Waals surface area contributed by atoms with Crippen LogP contribution < -0.4 is 24.4 Å². The van der Waals surface area contributed by atoms with Gasteiger partial charge in [0.15, 0.2) is 11.5 Å². The highest BCUT2D eigenvalue weighted by molar-refractivity contribution is 7.07. The summed E-state index contributed by atoms with van der Waals surface area (Å²) < 4.78 is 17.2. The fourth-order valence-corrected chi connectivity index (χ4v) is 2.95. The summed E-state index contributed by atoms with van der Waals surface area (Å²) in [5, 5.41) is 4.51. The van der Waals surface area contributed by atoms with Crippen LogP contribution in [0.1, 0.15) is 11.3 Å². The third-order valence-electron chi connectivity index (χ3n) is 3.54. The maximum atomic E-state index is 12.1. The van der Waals surface area contributed by atoms with E-state index in [1.807, 2.05) is 0 Å². The molecule has 0 bridgehead atoms. The fraction of sp³-hybridized carbons (Fsp3) is 0.375. The van der Waals surface area contributed by atoms with Crippen LogP contribution in [0.4, 0.5) is 0 Å². The number of amides is 1. The second-order valence-corrected chi connectivity index (χ2v) is 5.85. The third-order valence-corrected chi connectivity index (χ3v) is 4.42. The zero-order valence-corrected chi connectivity index (χ0v) is 14.9. The first-order valence-electron chi connectivity index (χ1n) is 7.20. The van der Waals surface area contributed by atoms with Crippen LogP contribution in [0.5, 0.6) is 17.2 Å². The minimum atomic E-state index is -0.254. The number of hydrogen-bond donors (Lipinski definition) is 1. The molecule has 7 nitrogen and oxygen atoms in total. The van der Waals surface area contributed by atoms with E-state index in [0.717, 1.165) is 22.6 Å². The molecule has 0 fully saturated rings. The van der Waals surface area contributed by atoms with Crippen molar-refractivity contribution in [2.24, 2.45) is 0 Å². The summed E-state index contributed by atoms with van der Waals surface area (Å²) in [6, 6.07) is 3.45. The zero-order chi connectivity index (χ0) is 17.7. The van der Waals surface area contributed by atoms with Crippen LogP contribution in [0.15, 0.2) is 22.3 Å². The molecular weight excluding hydrogens is 332 g/mol. The molecule has 0 spiro atoms. The molecule has 1 N–H and O–H groups in total. The molecule has 8 heteroatoms. The Balaban J connectivity index is 2.10. The van der Waals surface area contributed by atoms with Gasteiger partial charge in [-0.25, -0.2) is 0 Å². The zero-order valence-electron chi connectivity index (χ0n) is 14.0. The minimum Gasteiger partial charge on any atom is -0.496 e. The Morgan fingerprint density at radius 3 is 2.29 bits per heavy atom. The standard InChI is InChI=1S/C16H20N2O5S/c1-10-9-24-16(20)18(10)8-15(19)17-7-11-5-13(22-3)14(23-4)6-12(11)21-2/h5-6,9H,7-8H2,1-4H3,(H,17,19). The van der Waals surface area contributed by atoms with E-state index in [2.05, 4.69) is 5.32 Å². The molecule has 0 unspecified atom stereocenters. The summed E-state index contributed by atoms with van der Waals surface area (Å²) in [7, 11) is 4.62. The summed E-state index contributed by atoms with van der Waals surface area (Å²) in [6.07, 6.45) is 0. The molecule has 24 heavy (non-hydrogen) atoms. The quantitative estimate of drug-likeness (QED) is 0.818. The highest BCUT2D eigenvalue weighted by Gasteiger charge is 2.13. The first kappa shape index (κ1) is 17.9. The van der Waals surface area contributed by atoms with Gasteiger partial charge in [0.1, 0.15) is 12.3 Å². The van der Waals surface area contributed by atoms with Crippen molar-refractivity contribution >= 4 is 17.2 Å². The molecule has 0 aliphatic rings. The Kier molecular flexibility index (Phi) is 5.86. The summed E-state index contributed by atoms with van der Waals surface area (Å²) in [4.78, 5) is 23.6. The number of ether oxygens (including phenoxy) is 3. The van der Waals surface area contributed by atoms with Crippen molar-refractivity contribution in [3.8, 4) is 17.2 Å². The average Bonchev–Trinajstić information content (AvgIpc) is 2.90. The van der Waals surface area contributed by atoms with E-state index in [1.54, 1.807) is 45.8 Å². The van der Waals surface area contributed by atoms with Gasteiger partial charge in [-0.3, -0.25) is 14.2 Å². The van der Waals surface area contributed by atoms with Crippen molar-refractivity contribution < 1.29 is 19.0 Å². The van der Waals surface area contributed by atoms with Gasteiger partial charge in [0.25, 0.3) is 0 Å². The molecule has 0 saturated heterocycles. The van der Waals surface area contributed by atoms with Gasteiger partial charge in [-0.15, -0.1) is 0 Å². The number of nitrogens with zero attached hydrogens (tertiary/aromatic N) is 1. The van der Waals surface area contributed by atoms with Gasteiger partial charge in [0.05, 0.1) is 21.3 Å². The van der Waals surface area contributed by atoms with Crippen molar-refractivity contribution in [1.82, 2.24) is 9.88 Å². The second-order valence-electron chi connectivity index (χ2n) is 5.02. The lowest BCUT2D eigenvalue weighted by Gasteiger charge is -2.14. The number of carbonyl (C=O) groups is 1. The van der Waals surface area contributed by atoms with Gasteiger partial charge in [0, 0.05) is 29.2 Å². The van der Waals surface area contributed by atoms with Crippen LogP contribution in [0.2, 0.25) is 0 Å². The van der Waals surface area contributed by atoms with E-state index in [4.69, 9.17) is 14.2 Å². The second kappa shape index (κ2) is 7.87. The molecule has 1 heterocycles. The lowest BCUT2D eigenvalue weighted by Crippen LogP contribution is -2.30. The number of nitrogens with one attached hydrogen (secondary N) is 1. The van der Waals surface area contributed by atoms with Crippen LogP contribution in [-0.2, 0) is 17.9 Å². The van der Waals surface area contributed by atoms with Crippen molar-refractivity contribution in [3.63, 3.8) is 0 Å². The number of rotatable bonds is 7. The summed E-state index contributed by atoms with van der Waals surface area (Å²) >= 11 is 1.08. The number of carbonyl (C=O) groups excluding carboxylic acids is 1. The molecule has 1 aromatic heterocycles. The molecular formula is C16H20N2O5S. The fourth-order valence-electron chi connectivity index (χ4n) is 2.22. The van der Waals surface area contributed by atoms with Gasteiger partial charge in [-0.1, -0.05) is 11.3 Å². The Hall–Kier alpha value is -2.48. The Bertz CT molecular complexity index is 781. The van der Waals surface area contributed by atoms with Crippen molar-refractivity contribution in [2.45, 2.75) is 20.0 Å². The van der Waals surface area contributed by atoms with E-state index < -0.39 is 0 Å². The highest BCUT2D eigenvalue weighted by atomic mass is 32.1. The molecule has 0 radical (unpaired) electrons. The molecule has 2 rings (SSSR count). The number of aryl methyl sites for hydroxylation is 1. The predicted molar refractivity (Wildman–Crippen MR) is 91.3 cm³/mol. The van der Waals surface area contributed by atoms with E-state index in [-0.39, 0.29) is 23.9 Å². The van der Waals surface area contributed by atoms with Crippen LogP contribution in [0.3, 0.4) is 0 Å². The normalized spacial score (nSPS) is 10.3. The first-order valence-corrected chi connectivity index (χ1v) is 8.08. The van der Waals surface area contributed by atoms with E-state index >= 15 is 0 Å². The lowest BCUT2D eigenvalue weighted by atomic mass is 10.1. The van der Waals surface area contributed by atoms with Gasteiger partial charge in [-0.2, -0.15) is 0 Å². The van der Waals surface area contributed by atoms with Gasteiger partial charge < -0.3 is 19.5 Å². The predicted octanol–water partition coefficient (Wildman–Crippen LogP) is 1.56. The highest BCUT2D eigenvalue weighted by Crippen LogP contribution is 2.34. The van der Waals surface area contributed by atoms with Gasteiger partial charge in [-0.05, 0) is 13.0 Å². The average molecular weight is 352 g/mol. The lowest BCUT2D eigenvalue weighted by molar-refractivity contribution is -0.121. The van der Waals surface area contributed by atoms with Crippen LogP contribution >= 0.6 is 11.3 Å². The monoisotopic (exact) mass is 352 g/mol. The summed E-state index contributed by atoms with van der Waals surface area (Å²) in [5.41, 5.74) is 1.52. The Labute approximate surface area is 143 Å². The van der Waals surface area contributed by atoms with Gasteiger partial charge in [0.2, 0.25) is 5.91 Å². The summed E-state index contributed by atoms with van der Waals surface area (Å²) in [6.45, 7) is 2.03. The number of hydrogen-bond acceptors (Lipinski definition) is 6. The molecule has 1 aromatic carbocycles. The molecule has 0 aliphatic carbocycles. The Morgan fingerprint density at radius 1 is 1.12 bits per heavy atom. The number of benzene rings is 1. The van der Waals surface area contributed by atoms with Crippen LogP contribution in [0, 0.1) is 6.92 Å². The Morgan fingerprint density at radius 2 is 1.75 bits per heavy atom. The smallest absolute Gasteiger partial charge is 0.307 e. The number of aromatic nitrogens is 1. The van der Waals surface area contributed by atoms with Crippen LogP contribution in [0.25, 0.3) is 0 Å². The molecule has 0 atom stereocenters. The molecule has 0 saturated carbocycles. The molecule has 2 aromatic rings. The van der Waals surface area contributed by atoms with Gasteiger partial charge >= 0.3 is 4.87 Å². The molecule has 0 aliphatic heterocycles. The largest absolute Gasteiger partial charge is 0.496 e. The number of thiazole rings is 1. The van der Waals surface area contributed by atoms with Crippen molar-refractivity contribution in [2.75, 3.05) is 21.3 Å². The maximum Gasteiger partial charge on any atom is 0.307 e. The van der Waals surface area contributed by atoms with Crippen molar-refractivity contribution in [3.05, 3.63) is 38.4 Å². The molecule has 1 amide bonds.